The predicted octanol–water partition coefficient (Wildman–Crippen LogP) is 3.90. The first-order chi connectivity index (χ1) is 10.1. The highest BCUT2D eigenvalue weighted by Crippen LogP contribution is 2.23. The van der Waals surface area contributed by atoms with E-state index in [-0.39, 0.29) is 5.91 Å². The van der Waals surface area contributed by atoms with Crippen LogP contribution in [0.15, 0.2) is 42.5 Å². The van der Waals surface area contributed by atoms with E-state index in [0.29, 0.717) is 21.8 Å². The highest BCUT2D eigenvalue weighted by atomic mass is 35.5. The number of anilines is 2. The van der Waals surface area contributed by atoms with Crippen LogP contribution in [0, 0.1) is 11.3 Å². The van der Waals surface area contributed by atoms with Crippen molar-refractivity contribution in [2.24, 2.45) is 0 Å². The van der Waals surface area contributed by atoms with E-state index in [0.717, 1.165) is 12.2 Å². The van der Waals surface area contributed by atoms with Gasteiger partial charge in [-0.25, -0.2) is 0 Å². The molecule has 4 nitrogen and oxygen atoms in total. The smallest absolute Gasteiger partial charge is 0.255 e. The quantitative estimate of drug-likeness (QED) is 0.900. The van der Waals surface area contributed by atoms with Gasteiger partial charge in [0.05, 0.1) is 22.3 Å². The molecule has 0 aromatic heterocycles. The van der Waals surface area contributed by atoms with Crippen molar-refractivity contribution in [3.63, 3.8) is 0 Å². The zero-order valence-electron chi connectivity index (χ0n) is 11.5. The molecule has 0 fully saturated rings. The molecule has 0 radical (unpaired) electrons. The molecule has 0 aliphatic carbocycles. The molecule has 5 heteroatoms. The highest BCUT2D eigenvalue weighted by Gasteiger charge is 2.09. The Balaban J connectivity index is 2.16. The molecule has 21 heavy (non-hydrogen) atoms. The van der Waals surface area contributed by atoms with Crippen LogP contribution in [0.5, 0.6) is 0 Å². The normalized spacial score (nSPS) is 9.76. The number of carbonyl (C=O) groups excluding carboxylic acids is 1. The highest BCUT2D eigenvalue weighted by molar-refractivity contribution is 6.34. The standard InChI is InChI=1S/C16H14ClN3O/c1-2-19-13-6-4-12(5-7-13)16(21)20-15-9-11(10-18)3-8-14(15)17/h3-9,19H,2H2,1H3,(H,20,21). The van der Waals surface area contributed by atoms with Gasteiger partial charge in [0.1, 0.15) is 0 Å². The van der Waals surface area contributed by atoms with Crippen molar-refractivity contribution in [3.05, 3.63) is 58.6 Å². The summed E-state index contributed by atoms with van der Waals surface area (Å²) < 4.78 is 0. The molecule has 0 saturated heterocycles. The van der Waals surface area contributed by atoms with Crippen LogP contribution in [0.1, 0.15) is 22.8 Å². The third-order valence-corrected chi connectivity index (χ3v) is 3.20. The van der Waals surface area contributed by atoms with E-state index in [4.69, 9.17) is 16.9 Å². The van der Waals surface area contributed by atoms with Gasteiger partial charge in [0.25, 0.3) is 5.91 Å². The molecule has 0 bridgehead atoms. The molecule has 0 aliphatic rings. The van der Waals surface area contributed by atoms with Gasteiger partial charge in [-0.05, 0) is 49.4 Å². The summed E-state index contributed by atoms with van der Waals surface area (Å²) in [5.74, 6) is -0.268. The first kappa shape index (κ1) is 14.9. The van der Waals surface area contributed by atoms with E-state index in [1.807, 2.05) is 25.1 Å². The summed E-state index contributed by atoms with van der Waals surface area (Å²) in [6, 6.07) is 13.9. The minimum atomic E-state index is -0.268. The Labute approximate surface area is 128 Å². The minimum absolute atomic E-state index is 0.268. The van der Waals surface area contributed by atoms with Crippen LogP contribution >= 0.6 is 11.6 Å². The lowest BCUT2D eigenvalue weighted by molar-refractivity contribution is 0.102. The second-order valence-corrected chi connectivity index (χ2v) is 4.78. The van der Waals surface area contributed by atoms with Gasteiger partial charge in [0.2, 0.25) is 0 Å². The molecule has 0 spiro atoms. The molecule has 0 heterocycles. The molecular weight excluding hydrogens is 286 g/mol. The fourth-order valence-corrected chi connectivity index (χ4v) is 1.99. The molecule has 2 rings (SSSR count). The Hall–Kier alpha value is -2.51. The van der Waals surface area contributed by atoms with Crippen LogP contribution in [-0.4, -0.2) is 12.5 Å². The fraction of sp³-hybridized carbons (Fsp3) is 0.125. The fourth-order valence-electron chi connectivity index (χ4n) is 1.83. The Bertz CT molecular complexity index is 690. The summed E-state index contributed by atoms with van der Waals surface area (Å²) in [4.78, 5) is 12.2. The van der Waals surface area contributed by atoms with Gasteiger partial charge >= 0.3 is 0 Å². The van der Waals surface area contributed by atoms with Gasteiger partial charge in [-0.1, -0.05) is 11.6 Å². The van der Waals surface area contributed by atoms with E-state index < -0.39 is 0 Å². The summed E-state index contributed by atoms with van der Waals surface area (Å²) in [5, 5.41) is 15.1. The van der Waals surface area contributed by atoms with Gasteiger partial charge in [-0.3, -0.25) is 4.79 Å². The molecule has 2 N–H and O–H groups in total. The number of hydrogen-bond donors (Lipinski definition) is 2. The van der Waals surface area contributed by atoms with Crippen LogP contribution in [0.4, 0.5) is 11.4 Å². The third-order valence-electron chi connectivity index (χ3n) is 2.87. The Morgan fingerprint density at radius 3 is 2.57 bits per heavy atom. The van der Waals surface area contributed by atoms with Crippen molar-refractivity contribution in [2.45, 2.75) is 6.92 Å². The summed E-state index contributed by atoms with van der Waals surface area (Å²) in [7, 11) is 0. The molecule has 0 saturated carbocycles. The van der Waals surface area contributed by atoms with E-state index in [2.05, 4.69) is 10.6 Å². The van der Waals surface area contributed by atoms with Crippen LogP contribution in [0.25, 0.3) is 0 Å². The first-order valence-corrected chi connectivity index (χ1v) is 6.86. The van der Waals surface area contributed by atoms with E-state index in [1.165, 1.54) is 0 Å². The Kier molecular flexibility index (Phi) is 4.81. The number of rotatable bonds is 4. The van der Waals surface area contributed by atoms with Gasteiger partial charge in [0, 0.05) is 17.8 Å². The predicted molar refractivity (Wildman–Crippen MR) is 84.7 cm³/mol. The number of hydrogen-bond acceptors (Lipinski definition) is 3. The van der Waals surface area contributed by atoms with E-state index in [9.17, 15) is 4.79 Å². The molecule has 2 aromatic carbocycles. The summed E-state index contributed by atoms with van der Waals surface area (Å²) in [5.41, 5.74) is 2.35. The van der Waals surface area contributed by atoms with E-state index in [1.54, 1.807) is 30.3 Å². The zero-order chi connectivity index (χ0) is 15.2. The number of benzene rings is 2. The molecule has 0 unspecified atom stereocenters. The maximum absolute atomic E-state index is 12.2. The molecule has 1 amide bonds. The monoisotopic (exact) mass is 299 g/mol. The minimum Gasteiger partial charge on any atom is -0.385 e. The molecule has 0 atom stereocenters. The van der Waals surface area contributed by atoms with Gasteiger partial charge in [-0.2, -0.15) is 5.26 Å². The molecular formula is C16H14ClN3O. The van der Waals surface area contributed by atoms with Gasteiger partial charge < -0.3 is 10.6 Å². The van der Waals surface area contributed by atoms with Crippen molar-refractivity contribution in [2.75, 3.05) is 17.2 Å². The second kappa shape index (κ2) is 6.78. The average molecular weight is 300 g/mol. The van der Waals surface area contributed by atoms with Crippen LogP contribution in [0.2, 0.25) is 5.02 Å². The SMILES string of the molecule is CCNc1ccc(C(=O)Nc2cc(C#N)ccc2Cl)cc1. The summed E-state index contributed by atoms with van der Waals surface area (Å²) in [6.07, 6.45) is 0. The number of nitrogens with one attached hydrogen (secondary N) is 2. The van der Waals surface area contributed by atoms with Crippen molar-refractivity contribution in [1.82, 2.24) is 0 Å². The van der Waals surface area contributed by atoms with Gasteiger partial charge in [-0.15, -0.1) is 0 Å². The molecule has 106 valence electrons. The lowest BCUT2D eigenvalue weighted by Gasteiger charge is -2.08. The van der Waals surface area contributed by atoms with Crippen molar-refractivity contribution in [3.8, 4) is 6.07 Å². The van der Waals surface area contributed by atoms with Crippen LogP contribution < -0.4 is 10.6 Å². The summed E-state index contributed by atoms with van der Waals surface area (Å²) in [6.45, 7) is 2.83. The number of nitrogens with zero attached hydrogens (tertiary/aromatic N) is 1. The molecule has 0 aliphatic heterocycles. The molecule has 2 aromatic rings. The number of carbonyl (C=O) groups is 1. The number of amides is 1. The Morgan fingerprint density at radius 1 is 1.24 bits per heavy atom. The van der Waals surface area contributed by atoms with Crippen molar-refractivity contribution >= 4 is 28.9 Å². The maximum Gasteiger partial charge on any atom is 0.255 e. The van der Waals surface area contributed by atoms with Crippen molar-refractivity contribution < 1.29 is 4.79 Å². The zero-order valence-corrected chi connectivity index (χ0v) is 12.2. The third kappa shape index (κ3) is 3.74. The summed E-state index contributed by atoms with van der Waals surface area (Å²) >= 11 is 6.02. The van der Waals surface area contributed by atoms with Crippen molar-refractivity contribution in [1.29, 1.82) is 5.26 Å². The number of halogens is 1. The topological polar surface area (TPSA) is 64.9 Å². The van der Waals surface area contributed by atoms with Crippen LogP contribution in [-0.2, 0) is 0 Å². The number of nitriles is 1. The van der Waals surface area contributed by atoms with Gasteiger partial charge in [0.15, 0.2) is 0 Å². The Morgan fingerprint density at radius 2 is 1.95 bits per heavy atom. The van der Waals surface area contributed by atoms with E-state index >= 15 is 0 Å². The second-order valence-electron chi connectivity index (χ2n) is 4.37. The maximum atomic E-state index is 12.2. The lowest BCUT2D eigenvalue weighted by Crippen LogP contribution is -2.12. The largest absolute Gasteiger partial charge is 0.385 e. The lowest BCUT2D eigenvalue weighted by atomic mass is 10.1. The first-order valence-electron chi connectivity index (χ1n) is 6.49. The van der Waals surface area contributed by atoms with Crippen LogP contribution in [0.3, 0.4) is 0 Å². The average Bonchev–Trinajstić information content (AvgIpc) is 2.50.